The highest BCUT2D eigenvalue weighted by molar-refractivity contribution is 5.69. The molecule has 6 N–H and O–H groups in total. The Bertz CT molecular complexity index is 1120. The van der Waals surface area contributed by atoms with Crippen LogP contribution in [0.2, 0.25) is 0 Å². The van der Waals surface area contributed by atoms with Crippen molar-refractivity contribution < 1.29 is 59.1 Å². The molecule has 11 atom stereocenters. The van der Waals surface area contributed by atoms with E-state index in [2.05, 4.69) is 6.92 Å². The van der Waals surface area contributed by atoms with E-state index in [1.807, 2.05) is 6.07 Å². The van der Waals surface area contributed by atoms with Gasteiger partial charge in [0.25, 0.3) is 0 Å². The minimum absolute atomic E-state index is 0.206. The summed E-state index contributed by atoms with van der Waals surface area (Å²) in [5.41, 5.74) is 0.483. The number of benzene rings is 1. The molecule has 0 spiro atoms. The molecule has 13 heteroatoms. The molecule has 0 amide bonds. The van der Waals surface area contributed by atoms with E-state index >= 15 is 0 Å². The van der Waals surface area contributed by atoms with E-state index < -0.39 is 80.1 Å². The number of carbonyl (C=O) groups is 1. The van der Waals surface area contributed by atoms with Crippen LogP contribution in [0.3, 0.4) is 0 Å². The molecule has 13 nitrogen and oxygen atoms in total. The van der Waals surface area contributed by atoms with E-state index in [1.165, 1.54) is 70.6 Å². The Kier molecular flexibility index (Phi) is 20.5. The average Bonchev–Trinajstić information content (AvgIpc) is 3.14. The van der Waals surface area contributed by atoms with Crippen LogP contribution in [0.25, 0.3) is 0 Å². The van der Waals surface area contributed by atoms with E-state index in [1.54, 1.807) is 30.3 Å². The van der Waals surface area contributed by atoms with Crippen LogP contribution in [-0.2, 0) is 28.5 Å². The molecule has 51 heavy (non-hydrogen) atoms. The fourth-order valence-corrected chi connectivity index (χ4v) is 6.38. The first kappa shape index (κ1) is 43.2. The van der Waals surface area contributed by atoms with Gasteiger partial charge in [0.15, 0.2) is 18.7 Å². The van der Waals surface area contributed by atoms with Gasteiger partial charge in [-0.05, 0) is 12.0 Å². The van der Waals surface area contributed by atoms with Gasteiger partial charge in [-0.3, -0.25) is 4.79 Å². The largest absolute Gasteiger partial charge is 0.463 e. The van der Waals surface area contributed by atoms with Crippen LogP contribution in [0, 0.1) is 11.3 Å². The molecule has 0 radical (unpaired) electrons. The zero-order valence-electron chi connectivity index (χ0n) is 30.0. The Morgan fingerprint density at radius 2 is 1.14 bits per heavy atom. The molecule has 3 rings (SSSR count). The van der Waals surface area contributed by atoms with Crippen molar-refractivity contribution in [2.45, 2.75) is 177 Å². The Hall–Kier alpha value is -2.22. The maximum atomic E-state index is 12.4. The van der Waals surface area contributed by atoms with Crippen molar-refractivity contribution in [3.05, 3.63) is 35.9 Å². The van der Waals surface area contributed by atoms with Gasteiger partial charge < -0.3 is 54.3 Å². The highest BCUT2D eigenvalue weighted by Gasteiger charge is 2.48. The molecule has 2 heterocycles. The SMILES string of the molecule is CCCCCCCCCCCCCCCCCC(=O)OC[C@H]1O[C@@H](OC[C@H]2O[C@@H](O[C@H](C#N)c3ccccc3)[C@H](O)[C@@H](O)[C@@H]2O)[C@H](O)[C@@H](O)[C@@H]1O. The molecule has 0 saturated carbocycles. The quantitative estimate of drug-likeness (QED) is 0.0665. The summed E-state index contributed by atoms with van der Waals surface area (Å²) < 4.78 is 27.8. The Morgan fingerprint density at radius 3 is 1.67 bits per heavy atom. The number of hydrogen-bond donors (Lipinski definition) is 6. The Labute approximate surface area is 302 Å². The number of hydrogen-bond acceptors (Lipinski definition) is 13. The number of unbranched alkanes of at least 4 members (excludes halogenated alkanes) is 14. The van der Waals surface area contributed by atoms with Crippen molar-refractivity contribution in [1.82, 2.24) is 0 Å². The number of rotatable bonds is 24. The van der Waals surface area contributed by atoms with Gasteiger partial charge in [-0.25, -0.2) is 0 Å². The predicted molar refractivity (Wildman–Crippen MR) is 186 cm³/mol. The summed E-state index contributed by atoms with van der Waals surface area (Å²) in [7, 11) is 0. The van der Waals surface area contributed by atoms with Gasteiger partial charge in [0.05, 0.1) is 12.7 Å². The Morgan fingerprint density at radius 1 is 0.667 bits per heavy atom. The second-order valence-corrected chi connectivity index (χ2v) is 13.8. The minimum atomic E-state index is -1.73. The summed E-state index contributed by atoms with van der Waals surface area (Å²) in [5, 5.41) is 72.5. The number of esters is 1. The lowest BCUT2D eigenvalue weighted by molar-refractivity contribution is -0.334. The van der Waals surface area contributed by atoms with E-state index in [9.17, 15) is 40.7 Å². The number of aliphatic hydroxyl groups is 6. The third-order valence-corrected chi connectivity index (χ3v) is 9.64. The summed E-state index contributed by atoms with van der Waals surface area (Å²) in [4.78, 5) is 12.4. The number of ether oxygens (including phenoxy) is 5. The molecule has 2 aliphatic rings. The first-order chi connectivity index (χ1) is 24.7. The van der Waals surface area contributed by atoms with Crippen molar-refractivity contribution >= 4 is 5.97 Å². The van der Waals surface area contributed by atoms with Gasteiger partial charge in [0.2, 0.25) is 0 Å². The highest BCUT2D eigenvalue weighted by Crippen LogP contribution is 2.29. The van der Waals surface area contributed by atoms with Crippen LogP contribution in [-0.4, -0.2) is 111 Å². The maximum absolute atomic E-state index is 12.4. The molecule has 1 aromatic rings. The molecule has 1 aromatic carbocycles. The number of carbonyl (C=O) groups excluding carboxylic acids is 1. The highest BCUT2D eigenvalue weighted by atomic mass is 16.7. The molecule has 0 unspecified atom stereocenters. The number of nitriles is 1. The fourth-order valence-electron chi connectivity index (χ4n) is 6.38. The van der Waals surface area contributed by atoms with Crippen LogP contribution in [0.1, 0.15) is 121 Å². The smallest absolute Gasteiger partial charge is 0.305 e. The average molecular weight is 724 g/mol. The van der Waals surface area contributed by atoms with Crippen molar-refractivity contribution in [2.24, 2.45) is 0 Å². The molecule has 2 saturated heterocycles. The topological polar surface area (TPSA) is 208 Å². The molecule has 0 aliphatic carbocycles. The molecule has 0 aromatic heterocycles. The Balaban J connectivity index is 1.34. The summed E-state index contributed by atoms with van der Waals surface area (Å²) >= 11 is 0. The molecule has 2 aliphatic heterocycles. The van der Waals surface area contributed by atoms with Gasteiger partial charge in [-0.1, -0.05) is 127 Å². The first-order valence-electron chi connectivity index (χ1n) is 18.9. The van der Waals surface area contributed by atoms with Crippen LogP contribution in [0.4, 0.5) is 0 Å². The zero-order chi connectivity index (χ0) is 37.0. The second kappa shape index (κ2) is 24.2. The van der Waals surface area contributed by atoms with Crippen LogP contribution < -0.4 is 0 Å². The van der Waals surface area contributed by atoms with Crippen LogP contribution in [0.5, 0.6) is 0 Å². The van der Waals surface area contributed by atoms with Crippen LogP contribution >= 0.6 is 0 Å². The molecular weight excluding hydrogens is 662 g/mol. The van der Waals surface area contributed by atoms with Gasteiger partial charge in [0.1, 0.15) is 55.4 Å². The standard InChI is InChI=1S/C38H61NO12/c1-2-3-4-5-6-7-8-9-10-11-12-13-14-15-19-22-30(40)47-24-28-31(41)33(43)35(45)37(50-28)48-25-29-32(42)34(44)36(46)38(51-29)49-27(23-39)26-20-17-16-18-21-26/h16-18,20-21,27-29,31-38,41-46H,2-15,19,22,24-25H2,1H3/t27-,28-,29-,31-,32-,33+,34+,35-,36-,37-,38-/m1/s1. The molecule has 0 bridgehead atoms. The van der Waals surface area contributed by atoms with Crippen LogP contribution in [0.15, 0.2) is 30.3 Å². The van der Waals surface area contributed by atoms with E-state index in [4.69, 9.17) is 23.7 Å². The molecule has 2 fully saturated rings. The third kappa shape index (κ3) is 14.6. The monoisotopic (exact) mass is 723 g/mol. The van der Waals surface area contributed by atoms with E-state index in [0.29, 0.717) is 12.0 Å². The number of aliphatic hydroxyl groups excluding tert-OH is 6. The first-order valence-corrected chi connectivity index (χ1v) is 18.9. The van der Waals surface area contributed by atoms with Crippen molar-refractivity contribution in [3.8, 4) is 6.07 Å². The fraction of sp³-hybridized carbons (Fsp3) is 0.789. The predicted octanol–water partition coefficient (Wildman–Crippen LogP) is 3.70. The third-order valence-electron chi connectivity index (χ3n) is 9.64. The van der Waals surface area contributed by atoms with Crippen molar-refractivity contribution in [3.63, 3.8) is 0 Å². The normalized spacial score (nSPS) is 30.1. The van der Waals surface area contributed by atoms with E-state index in [-0.39, 0.29) is 13.0 Å². The second-order valence-electron chi connectivity index (χ2n) is 13.8. The van der Waals surface area contributed by atoms with Crippen molar-refractivity contribution in [2.75, 3.05) is 13.2 Å². The maximum Gasteiger partial charge on any atom is 0.305 e. The van der Waals surface area contributed by atoms with Gasteiger partial charge in [0, 0.05) is 6.42 Å². The molecular formula is C38H61NO12. The van der Waals surface area contributed by atoms with Gasteiger partial charge in [-0.2, -0.15) is 5.26 Å². The summed E-state index contributed by atoms with van der Waals surface area (Å²) in [5.74, 6) is -0.470. The lowest BCUT2D eigenvalue weighted by atomic mass is 9.98. The van der Waals surface area contributed by atoms with Gasteiger partial charge >= 0.3 is 5.97 Å². The number of nitrogens with zero attached hydrogens (tertiary/aromatic N) is 1. The minimum Gasteiger partial charge on any atom is -0.463 e. The summed E-state index contributed by atoms with van der Waals surface area (Å²) in [6.45, 7) is 1.34. The summed E-state index contributed by atoms with van der Waals surface area (Å²) in [6.07, 6.45) is 1.62. The lowest BCUT2D eigenvalue weighted by Gasteiger charge is -2.43. The van der Waals surface area contributed by atoms with E-state index in [0.717, 1.165) is 19.3 Å². The lowest BCUT2D eigenvalue weighted by Crippen LogP contribution is -2.62. The molecule has 290 valence electrons. The van der Waals surface area contributed by atoms with Crippen molar-refractivity contribution in [1.29, 1.82) is 5.26 Å². The van der Waals surface area contributed by atoms with Gasteiger partial charge in [-0.15, -0.1) is 0 Å². The zero-order valence-corrected chi connectivity index (χ0v) is 30.0. The summed E-state index contributed by atoms with van der Waals surface area (Å²) in [6, 6.07) is 10.4.